The van der Waals surface area contributed by atoms with Crippen LogP contribution in [0.15, 0.2) is 41.3 Å². The highest BCUT2D eigenvalue weighted by molar-refractivity contribution is 5.47. The van der Waals surface area contributed by atoms with Crippen LogP contribution >= 0.6 is 0 Å². The zero-order valence-corrected chi connectivity index (χ0v) is 10.1. The molecule has 0 saturated heterocycles. The van der Waals surface area contributed by atoms with Crippen LogP contribution < -0.4 is 10.6 Å². The molecule has 0 amide bonds. The summed E-state index contributed by atoms with van der Waals surface area (Å²) < 4.78 is 5.06. The maximum absolute atomic E-state index is 5.94. The Morgan fingerprint density at radius 3 is 2.94 bits per heavy atom. The Labute approximate surface area is 101 Å². The maximum Gasteiger partial charge on any atom is 0.133 e. The molecule has 0 saturated carbocycles. The van der Waals surface area contributed by atoms with Crippen molar-refractivity contribution in [1.29, 1.82) is 0 Å². The first-order valence-corrected chi connectivity index (χ1v) is 5.61. The average Bonchev–Trinajstić information content (AvgIpc) is 2.81. The zero-order chi connectivity index (χ0) is 12.3. The van der Waals surface area contributed by atoms with Crippen molar-refractivity contribution in [3.8, 4) is 0 Å². The van der Waals surface area contributed by atoms with Gasteiger partial charge in [-0.25, -0.2) is 4.98 Å². The molecule has 2 N–H and O–H groups in total. The average molecular weight is 231 g/mol. The molecule has 2 aromatic heterocycles. The Bertz CT molecular complexity index is 465. The second-order valence-electron chi connectivity index (χ2n) is 4.19. The minimum Gasteiger partial charge on any atom is -0.472 e. The van der Waals surface area contributed by atoms with E-state index in [1.807, 2.05) is 32.2 Å². The molecule has 2 heterocycles. The second kappa shape index (κ2) is 5.01. The standard InChI is InChI=1S/C13H17N3O/c1-10(14)12-4-3-6-15-13(12)16(2)8-11-5-7-17-9-11/h3-7,9-10H,8,14H2,1-2H3/t10-/m0/s1. The third-order valence-corrected chi connectivity index (χ3v) is 2.67. The monoisotopic (exact) mass is 231 g/mol. The highest BCUT2D eigenvalue weighted by Gasteiger charge is 2.12. The Kier molecular flexibility index (Phi) is 3.44. The van der Waals surface area contributed by atoms with Gasteiger partial charge in [-0.05, 0) is 19.1 Å². The van der Waals surface area contributed by atoms with Crippen LogP contribution in [0.4, 0.5) is 5.82 Å². The molecule has 0 aliphatic rings. The molecule has 0 aliphatic carbocycles. The summed E-state index contributed by atoms with van der Waals surface area (Å²) in [6, 6.07) is 5.85. The van der Waals surface area contributed by atoms with Gasteiger partial charge in [0.05, 0.1) is 12.5 Å². The van der Waals surface area contributed by atoms with E-state index in [9.17, 15) is 0 Å². The molecule has 2 aromatic rings. The summed E-state index contributed by atoms with van der Waals surface area (Å²) >= 11 is 0. The molecule has 90 valence electrons. The van der Waals surface area contributed by atoms with Gasteiger partial charge in [-0.15, -0.1) is 0 Å². The second-order valence-corrected chi connectivity index (χ2v) is 4.19. The minimum atomic E-state index is -0.0227. The van der Waals surface area contributed by atoms with Crippen molar-refractivity contribution < 1.29 is 4.42 Å². The fraction of sp³-hybridized carbons (Fsp3) is 0.308. The van der Waals surface area contributed by atoms with Crippen LogP contribution in [0.3, 0.4) is 0 Å². The number of rotatable bonds is 4. The van der Waals surface area contributed by atoms with Gasteiger partial charge in [-0.2, -0.15) is 0 Å². The largest absolute Gasteiger partial charge is 0.472 e. The summed E-state index contributed by atoms with van der Waals surface area (Å²) in [6.45, 7) is 2.72. The predicted molar refractivity (Wildman–Crippen MR) is 67.7 cm³/mol. The van der Waals surface area contributed by atoms with Gasteiger partial charge in [-0.1, -0.05) is 6.07 Å². The number of nitrogens with zero attached hydrogens (tertiary/aromatic N) is 2. The lowest BCUT2D eigenvalue weighted by atomic mass is 10.1. The van der Waals surface area contributed by atoms with Crippen molar-refractivity contribution in [1.82, 2.24) is 4.98 Å². The van der Waals surface area contributed by atoms with Gasteiger partial charge < -0.3 is 15.1 Å². The van der Waals surface area contributed by atoms with Crippen LogP contribution in [-0.4, -0.2) is 12.0 Å². The lowest BCUT2D eigenvalue weighted by Gasteiger charge is -2.21. The van der Waals surface area contributed by atoms with Crippen LogP contribution in [0.5, 0.6) is 0 Å². The minimum absolute atomic E-state index is 0.0227. The number of hydrogen-bond donors (Lipinski definition) is 1. The van der Waals surface area contributed by atoms with Crippen molar-refractivity contribution in [3.05, 3.63) is 48.0 Å². The maximum atomic E-state index is 5.94. The molecular formula is C13H17N3O. The molecule has 0 fully saturated rings. The number of furan rings is 1. The number of aromatic nitrogens is 1. The fourth-order valence-corrected chi connectivity index (χ4v) is 1.82. The number of pyridine rings is 1. The Balaban J connectivity index is 2.21. The van der Waals surface area contributed by atoms with Crippen LogP contribution in [0, 0.1) is 0 Å². The van der Waals surface area contributed by atoms with Gasteiger partial charge >= 0.3 is 0 Å². The van der Waals surface area contributed by atoms with Crippen molar-refractivity contribution >= 4 is 5.82 Å². The molecule has 0 unspecified atom stereocenters. The molecule has 4 heteroatoms. The summed E-state index contributed by atoms with van der Waals surface area (Å²) in [7, 11) is 2.00. The quantitative estimate of drug-likeness (QED) is 0.877. The molecule has 0 aliphatic heterocycles. The van der Waals surface area contributed by atoms with Gasteiger partial charge in [0.2, 0.25) is 0 Å². The van der Waals surface area contributed by atoms with Gasteiger partial charge in [-0.3, -0.25) is 0 Å². The molecule has 17 heavy (non-hydrogen) atoms. The SMILES string of the molecule is C[C@H](N)c1cccnc1N(C)Cc1ccoc1. The highest BCUT2D eigenvalue weighted by Crippen LogP contribution is 2.22. The zero-order valence-electron chi connectivity index (χ0n) is 10.1. The van der Waals surface area contributed by atoms with Crippen molar-refractivity contribution in [3.63, 3.8) is 0 Å². The van der Waals surface area contributed by atoms with Gasteiger partial charge in [0.1, 0.15) is 5.82 Å². The molecule has 0 radical (unpaired) electrons. The number of anilines is 1. The Morgan fingerprint density at radius 1 is 1.47 bits per heavy atom. The normalized spacial score (nSPS) is 12.4. The molecule has 4 nitrogen and oxygen atoms in total. The van der Waals surface area contributed by atoms with Gasteiger partial charge in [0, 0.05) is 37.0 Å². The van der Waals surface area contributed by atoms with E-state index in [0.29, 0.717) is 0 Å². The fourth-order valence-electron chi connectivity index (χ4n) is 1.82. The lowest BCUT2D eigenvalue weighted by Crippen LogP contribution is -2.21. The van der Waals surface area contributed by atoms with E-state index in [1.54, 1.807) is 18.7 Å². The Morgan fingerprint density at radius 2 is 2.29 bits per heavy atom. The molecule has 1 atom stereocenters. The van der Waals surface area contributed by atoms with Crippen LogP contribution in [0.2, 0.25) is 0 Å². The topological polar surface area (TPSA) is 55.3 Å². The van der Waals surface area contributed by atoms with E-state index in [1.165, 1.54) is 0 Å². The summed E-state index contributed by atoms with van der Waals surface area (Å²) in [6.07, 6.45) is 5.20. The smallest absolute Gasteiger partial charge is 0.133 e. The summed E-state index contributed by atoms with van der Waals surface area (Å²) in [4.78, 5) is 6.47. The highest BCUT2D eigenvalue weighted by atomic mass is 16.3. The summed E-state index contributed by atoms with van der Waals surface area (Å²) in [5.74, 6) is 0.920. The summed E-state index contributed by atoms with van der Waals surface area (Å²) in [5.41, 5.74) is 8.11. The first-order valence-electron chi connectivity index (χ1n) is 5.61. The number of nitrogens with two attached hydrogens (primary N) is 1. The molecule has 0 spiro atoms. The third-order valence-electron chi connectivity index (χ3n) is 2.67. The van der Waals surface area contributed by atoms with E-state index >= 15 is 0 Å². The molecular weight excluding hydrogens is 214 g/mol. The molecule has 0 aromatic carbocycles. The predicted octanol–water partition coefficient (Wildman–Crippen LogP) is 2.33. The van der Waals surface area contributed by atoms with E-state index in [4.69, 9.17) is 10.2 Å². The van der Waals surface area contributed by atoms with Crippen LogP contribution in [-0.2, 0) is 6.54 Å². The van der Waals surface area contributed by atoms with Crippen LogP contribution in [0.1, 0.15) is 24.1 Å². The van der Waals surface area contributed by atoms with Gasteiger partial charge in [0.25, 0.3) is 0 Å². The third kappa shape index (κ3) is 2.65. The summed E-state index contributed by atoms with van der Waals surface area (Å²) in [5, 5.41) is 0. The lowest BCUT2D eigenvalue weighted by molar-refractivity contribution is 0.563. The first kappa shape index (κ1) is 11.7. The molecule has 2 rings (SSSR count). The number of hydrogen-bond acceptors (Lipinski definition) is 4. The van der Waals surface area contributed by atoms with E-state index < -0.39 is 0 Å². The van der Waals surface area contributed by atoms with E-state index in [0.717, 1.165) is 23.5 Å². The van der Waals surface area contributed by atoms with Crippen molar-refractivity contribution in [2.75, 3.05) is 11.9 Å². The molecule has 0 bridgehead atoms. The van der Waals surface area contributed by atoms with Crippen molar-refractivity contribution in [2.24, 2.45) is 5.73 Å². The van der Waals surface area contributed by atoms with E-state index in [2.05, 4.69) is 9.88 Å². The Hall–Kier alpha value is -1.81. The van der Waals surface area contributed by atoms with E-state index in [-0.39, 0.29) is 6.04 Å². The van der Waals surface area contributed by atoms with Crippen LogP contribution in [0.25, 0.3) is 0 Å². The first-order chi connectivity index (χ1) is 8.18. The van der Waals surface area contributed by atoms with Crippen molar-refractivity contribution in [2.45, 2.75) is 19.5 Å². The van der Waals surface area contributed by atoms with Gasteiger partial charge in [0.15, 0.2) is 0 Å².